The van der Waals surface area contributed by atoms with Crippen molar-refractivity contribution in [2.75, 3.05) is 64.3 Å². The molecule has 1 aromatic heterocycles. The molecule has 2 saturated heterocycles. The molecule has 3 heterocycles. The number of piperidine rings is 1. The highest BCUT2D eigenvalue weighted by Gasteiger charge is 2.28. The van der Waals surface area contributed by atoms with Crippen LogP contribution in [0.3, 0.4) is 0 Å². The van der Waals surface area contributed by atoms with Gasteiger partial charge in [0.15, 0.2) is 5.78 Å². The van der Waals surface area contributed by atoms with Crippen LogP contribution in [0.5, 0.6) is 0 Å². The summed E-state index contributed by atoms with van der Waals surface area (Å²) < 4.78 is 0.713. The van der Waals surface area contributed by atoms with Crippen LogP contribution < -0.4 is 4.90 Å². The number of ketones is 1. The zero-order valence-corrected chi connectivity index (χ0v) is 24.7. The zero-order valence-electron chi connectivity index (χ0n) is 23.1. The van der Waals surface area contributed by atoms with Crippen LogP contribution in [0.4, 0.5) is 5.82 Å². The summed E-state index contributed by atoms with van der Waals surface area (Å²) in [5.74, 6) is 1.68. The third-order valence-corrected chi connectivity index (χ3v) is 9.21. The summed E-state index contributed by atoms with van der Waals surface area (Å²) >= 11 is 3.56. The van der Waals surface area contributed by atoms with E-state index in [2.05, 4.69) is 64.7 Å². The summed E-state index contributed by atoms with van der Waals surface area (Å²) in [7, 11) is 2.23. The van der Waals surface area contributed by atoms with Crippen molar-refractivity contribution in [1.82, 2.24) is 24.7 Å². The number of rotatable bonds is 9. The van der Waals surface area contributed by atoms with E-state index in [1.807, 2.05) is 18.2 Å². The molecule has 0 atom stereocenters. The molecule has 0 spiro atoms. The summed E-state index contributed by atoms with van der Waals surface area (Å²) in [5.41, 5.74) is 1.93. The molecular formula is C30H40BrN7O. The predicted octanol–water partition coefficient (Wildman–Crippen LogP) is 4.20. The molecule has 3 aliphatic rings. The van der Waals surface area contributed by atoms with E-state index in [9.17, 15) is 10.1 Å². The minimum atomic E-state index is 0.0794. The normalized spacial score (nSPS) is 20.2. The van der Waals surface area contributed by atoms with Gasteiger partial charge in [-0.15, -0.1) is 0 Å². The monoisotopic (exact) mass is 593 g/mol. The first-order valence-corrected chi connectivity index (χ1v) is 15.2. The fourth-order valence-electron chi connectivity index (χ4n) is 6.29. The molecule has 208 valence electrons. The molecule has 2 aromatic rings. The number of nitrogens with zero attached hydrogens (tertiary/aromatic N) is 7. The van der Waals surface area contributed by atoms with Gasteiger partial charge in [0.1, 0.15) is 11.9 Å². The van der Waals surface area contributed by atoms with Crippen molar-refractivity contribution in [2.45, 2.75) is 51.1 Å². The van der Waals surface area contributed by atoms with Crippen LogP contribution in [-0.2, 0) is 6.54 Å². The van der Waals surface area contributed by atoms with Crippen LogP contribution in [0.2, 0.25) is 0 Å². The Morgan fingerprint density at radius 2 is 1.79 bits per heavy atom. The first-order chi connectivity index (χ1) is 19.0. The van der Waals surface area contributed by atoms with E-state index in [-0.39, 0.29) is 24.2 Å². The van der Waals surface area contributed by atoms with Crippen molar-refractivity contribution < 1.29 is 4.79 Å². The molecule has 1 aromatic carbocycles. The Balaban J connectivity index is 1.19. The molecule has 0 N–H and O–H groups in total. The Kier molecular flexibility index (Phi) is 9.62. The van der Waals surface area contributed by atoms with Gasteiger partial charge in [-0.25, -0.2) is 9.97 Å². The molecule has 2 aliphatic heterocycles. The maximum absolute atomic E-state index is 13.6. The third kappa shape index (κ3) is 7.43. The quantitative estimate of drug-likeness (QED) is 0.400. The first kappa shape index (κ1) is 28.2. The van der Waals surface area contributed by atoms with E-state index >= 15 is 0 Å². The second-order valence-corrected chi connectivity index (χ2v) is 12.3. The molecule has 3 fully saturated rings. The second kappa shape index (κ2) is 13.3. The number of anilines is 1. The number of nitriles is 1. The van der Waals surface area contributed by atoms with Crippen molar-refractivity contribution in [3.05, 3.63) is 51.9 Å². The van der Waals surface area contributed by atoms with Gasteiger partial charge in [0, 0.05) is 57.1 Å². The number of Topliss-reactive ketones (excluding diaryl/α,β-unsaturated/α-hetero) is 1. The average molecular weight is 595 g/mol. The molecule has 1 saturated carbocycles. The van der Waals surface area contributed by atoms with Crippen LogP contribution in [0, 0.1) is 17.2 Å². The van der Waals surface area contributed by atoms with Crippen LogP contribution in [0.1, 0.15) is 60.3 Å². The van der Waals surface area contributed by atoms with Gasteiger partial charge >= 0.3 is 0 Å². The maximum Gasteiger partial charge on any atom is 0.234 e. The van der Waals surface area contributed by atoms with Gasteiger partial charge in [-0.3, -0.25) is 9.69 Å². The fourth-order valence-corrected chi connectivity index (χ4v) is 6.71. The fraction of sp³-hybridized carbons (Fsp3) is 0.600. The van der Waals surface area contributed by atoms with Gasteiger partial charge in [0.2, 0.25) is 5.82 Å². The molecule has 0 radical (unpaired) electrons. The van der Waals surface area contributed by atoms with Crippen molar-refractivity contribution in [3.8, 4) is 6.07 Å². The van der Waals surface area contributed by atoms with Crippen LogP contribution >= 0.6 is 15.9 Å². The van der Waals surface area contributed by atoms with Crippen LogP contribution in [-0.4, -0.2) is 95.9 Å². The number of halogens is 1. The predicted molar refractivity (Wildman–Crippen MR) is 157 cm³/mol. The van der Waals surface area contributed by atoms with E-state index in [1.165, 1.54) is 38.0 Å². The van der Waals surface area contributed by atoms with Gasteiger partial charge in [-0.1, -0.05) is 31.0 Å². The minimum absolute atomic E-state index is 0.0794. The number of aromatic nitrogens is 2. The zero-order chi connectivity index (χ0) is 27.2. The smallest absolute Gasteiger partial charge is 0.234 e. The summed E-state index contributed by atoms with van der Waals surface area (Å²) in [6.45, 7) is 9.21. The number of carbonyl (C=O) groups is 1. The van der Waals surface area contributed by atoms with Crippen LogP contribution in [0.15, 0.2) is 34.9 Å². The lowest BCUT2D eigenvalue weighted by atomic mass is 9.96. The lowest BCUT2D eigenvalue weighted by molar-refractivity contribution is 0.0962. The molecule has 0 unspecified atom stereocenters. The molecular weight excluding hydrogens is 554 g/mol. The Morgan fingerprint density at radius 1 is 1.08 bits per heavy atom. The summed E-state index contributed by atoms with van der Waals surface area (Å²) in [6.07, 6.45) is 8.59. The van der Waals surface area contributed by atoms with E-state index in [4.69, 9.17) is 0 Å². The number of likely N-dealkylation sites (tertiary alicyclic amines) is 1. The van der Waals surface area contributed by atoms with E-state index in [0.717, 1.165) is 69.9 Å². The highest BCUT2D eigenvalue weighted by Crippen LogP contribution is 2.32. The first-order valence-electron chi connectivity index (χ1n) is 14.4. The van der Waals surface area contributed by atoms with Gasteiger partial charge in [-0.2, -0.15) is 5.26 Å². The van der Waals surface area contributed by atoms with Gasteiger partial charge in [0.05, 0.1) is 11.0 Å². The topological polar surface area (TPSA) is 79.6 Å². The van der Waals surface area contributed by atoms with Gasteiger partial charge in [-0.05, 0) is 79.3 Å². The Bertz CT molecular complexity index is 1160. The Hall–Kier alpha value is -2.38. The van der Waals surface area contributed by atoms with Gasteiger partial charge < -0.3 is 14.7 Å². The van der Waals surface area contributed by atoms with Crippen molar-refractivity contribution in [3.63, 3.8) is 0 Å². The molecule has 9 heteroatoms. The maximum atomic E-state index is 13.6. The van der Waals surface area contributed by atoms with Crippen molar-refractivity contribution >= 4 is 27.5 Å². The number of hydrogen-bond donors (Lipinski definition) is 0. The Labute approximate surface area is 241 Å². The highest BCUT2D eigenvalue weighted by atomic mass is 79.9. The molecule has 8 nitrogen and oxygen atoms in total. The number of benzene rings is 1. The van der Waals surface area contributed by atoms with E-state index in [1.54, 1.807) is 6.20 Å². The van der Waals surface area contributed by atoms with E-state index in [0.29, 0.717) is 10.3 Å². The number of hydrogen-bond acceptors (Lipinski definition) is 8. The van der Waals surface area contributed by atoms with Gasteiger partial charge in [0.25, 0.3) is 0 Å². The van der Waals surface area contributed by atoms with Crippen molar-refractivity contribution in [2.24, 2.45) is 5.92 Å². The third-order valence-electron chi connectivity index (χ3n) is 8.65. The molecule has 5 rings (SSSR count). The van der Waals surface area contributed by atoms with E-state index < -0.39 is 0 Å². The summed E-state index contributed by atoms with van der Waals surface area (Å²) in [5, 5.41) is 9.34. The Morgan fingerprint density at radius 3 is 2.51 bits per heavy atom. The molecule has 39 heavy (non-hydrogen) atoms. The number of piperazine rings is 1. The highest BCUT2D eigenvalue weighted by molar-refractivity contribution is 9.10. The number of carbonyl (C=O) groups excluding carboxylic acids is 1. The standard InChI is InChI=1S/C30H40BrN7O/c1-35-11-9-23(10-12-35)20-36-13-15-37(16-14-36)21-24-5-4-6-25(17-24)28(39)22-38(26-7-2-3-8-26)30-27(31)19-33-29(18-32)34-30/h4-6,17,19,23,26H,2-3,7-16,20-22H2,1H3. The summed E-state index contributed by atoms with van der Waals surface area (Å²) in [6, 6.07) is 10.4. The minimum Gasteiger partial charge on any atom is -0.345 e. The molecule has 0 amide bonds. The largest absolute Gasteiger partial charge is 0.345 e. The average Bonchev–Trinajstić information content (AvgIpc) is 3.49. The lowest BCUT2D eigenvalue weighted by Crippen LogP contribution is -2.48. The molecule has 1 aliphatic carbocycles. The SMILES string of the molecule is CN1CCC(CN2CCN(Cc3cccc(C(=O)CN(c4nc(C#N)ncc4Br)C4CCCC4)c3)CC2)CC1. The second-order valence-electron chi connectivity index (χ2n) is 11.5. The summed E-state index contributed by atoms with van der Waals surface area (Å²) in [4.78, 5) is 31.8. The molecule has 0 bridgehead atoms. The van der Waals surface area contributed by atoms with Crippen molar-refractivity contribution in [1.29, 1.82) is 5.26 Å². The van der Waals surface area contributed by atoms with Crippen LogP contribution in [0.25, 0.3) is 0 Å². The lowest BCUT2D eigenvalue weighted by Gasteiger charge is -2.38.